The molecule has 0 saturated heterocycles. The van der Waals surface area contributed by atoms with Crippen molar-refractivity contribution < 1.29 is 18.8 Å². The second kappa shape index (κ2) is 3.01. The number of nitrogens with zero attached hydrogens (tertiary/aromatic N) is 1. The van der Waals surface area contributed by atoms with E-state index < -0.39 is 35.7 Å². The molecule has 0 saturated carbocycles. The molecule has 4 nitrogen and oxygen atoms in total. The van der Waals surface area contributed by atoms with Gasteiger partial charge in [0.25, 0.3) is 0 Å². The van der Waals surface area contributed by atoms with Crippen molar-refractivity contribution in [3.63, 3.8) is 0 Å². The first-order valence-electron chi connectivity index (χ1n) is 4.24. The maximum atomic E-state index is 11.1. The third-order valence-corrected chi connectivity index (χ3v) is 1.02. The Morgan fingerprint density at radius 2 is 2.64 bits per heavy atom. The van der Waals surface area contributed by atoms with Gasteiger partial charge in [0.2, 0.25) is 0 Å². The average molecular weight is 156 g/mol. The van der Waals surface area contributed by atoms with Crippen molar-refractivity contribution in [3.8, 4) is 5.75 Å². The van der Waals surface area contributed by atoms with Crippen LogP contribution in [-0.4, -0.2) is 23.2 Å². The van der Waals surface area contributed by atoms with Gasteiger partial charge < -0.3 is 9.84 Å². The summed E-state index contributed by atoms with van der Waals surface area (Å²) in [4.78, 5) is 14.3. The van der Waals surface area contributed by atoms with Crippen LogP contribution in [0.1, 0.15) is 14.5 Å². The zero-order valence-corrected chi connectivity index (χ0v) is 5.71. The molecule has 0 atom stereocenters. The maximum Gasteiger partial charge on any atom is 0.341 e. The minimum atomic E-state index is -0.961. The van der Waals surface area contributed by atoms with Crippen LogP contribution in [-0.2, 0) is 4.74 Å². The molecule has 0 amide bonds. The van der Waals surface area contributed by atoms with Crippen molar-refractivity contribution in [2.24, 2.45) is 0 Å². The predicted octanol–water partition coefficient (Wildman–Crippen LogP) is 0.574. The van der Waals surface area contributed by atoms with Gasteiger partial charge in [0.15, 0.2) is 0 Å². The third kappa shape index (κ3) is 1.46. The lowest BCUT2D eigenvalue weighted by Gasteiger charge is -1.99. The highest BCUT2D eigenvalue weighted by molar-refractivity contribution is 5.91. The van der Waals surface area contributed by atoms with Gasteiger partial charge in [-0.15, -0.1) is 0 Å². The van der Waals surface area contributed by atoms with E-state index in [9.17, 15) is 9.90 Å². The number of aromatic nitrogens is 1. The number of carbonyl (C=O) groups excluding carboxylic acids is 1. The molecule has 1 rings (SSSR count). The van der Waals surface area contributed by atoms with E-state index in [2.05, 4.69) is 9.72 Å². The van der Waals surface area contributed by atoms with Gasteiger partial charge in [-0.1, -0.05) is 0 Å². The lowest BCUT2D eigenvalue weighted by molar-refractivity contribution is 0.0597. The van der Waals surface area contributed by atoms with Crippen LogP contribution < -0.4 is 0 Å². The highest BCUT2D eigenvalue weighted by Gasteiger charge is 2.09. The van der Waals surface area contributed by atoms with Crippen molar-refractivity contribution in [2.45, 2.75) is 0 Å². The van der Waals surface area contributed by atoms with Crippen molar-refractivity contribution in [1.29, 1.82) is 0 Å². The third-order valence-electron chi connectivity index (χ3n) is 1.02. The Balaban J connectivity index is 3.47. The fraction of sp³-hybridized carbons (Fsp3) is 0.143. The Morgan fingerprint density at radius 1 is 1.91 bits per heavy atom. The second-order valence-corrected chi connectivity index (χ2v) is 1.68. The van der Waals surface area contributed by atoms with Crippen molar-refractivity contribution >= 4 is 5.97 Å². The minimum Gasteiger partial charge on any atom is -0.505 e. The van der Waals surface area contributed by atoms with E-state index in [1.165, 1.54) is 0 Å². The predicted molar refractivity (Wildman–Crippen MR) is 37.2 cm³/mol. The normalized spacial score (nSPS) is 13.0. The number of hydrogen-bond donors (Lipinski definition) is 1. The fourth-order valence-electron chi connectivity index (χ4n) is 0.530. The number of hydrogen-bond acceptors (Lipinski definition) is 4. The molecule has 1 N–H and O–H groups in total. The SMILES string of the molecule is [2H]c1nc([2H])c(O)c(C(=O)OC)c1[2H]. The fourth-order valence-corrected chi connectivity index (χ4v) is 0.530. The summed E-state index contributed by atoms with van der Waals surface area (Å²) in [5.74, 6) is -1.70. The lowest BCUT2D eigenvalue weighted by atomic mass is 10.2. The molecule has 1 aromatic rings. The number of aromatic hydroxyl groups is 1. The standard InChI is InChI=1S/C7H7NO3/c1-11-7(10)5-2-3-8-4-6(5)9/h2-4,9H,1H3/i2D,3D,4D. The summed E-state index contributed by atoms with van der Waals surface area (Å²) in [6.45, 7) is 0. The molecule has 0 radical (unpaired) electrons. The van der Waals surface area contributed by atoms with Gasteiger partial charge in [-0.25, -0.2) is 4.79 Å². The molecule has 58 valence electrons. The van der Waals surface area contributed by atoms with E-state index in [4.69, 9.17) is 4.11 Å². The molecule has 1 heterocycles. The van der Waals surface area contributed by atoms with E-state index >= 15 is 0 Å². The smallest absolute Gasteiger partial charge is 0.341 e. The van der Waals surface area contributed by atoms with Gasteiger partial charge >= 0.3 is 5.97 Å². The Hall–Kier alpha value is -1.58. The largest absolute Gasteiger partial charge is 0.505 e. The maximum absolute atomic E-state index is 11.1. The zero-order chi connectivity index (χ0) is 10.9. The Bertz CT molecular complexity index is 368. The molecule has 0 unspecified atom stereocenters. The first-order chi connectivity index (χ1) is 6.49. The molecule has 0 aliphatic heterocycles. The first-order valence-corrected chi connectivity index (χ1v) is 2.74. The molecule has 0 bridgehead atoms. The second-order valence-electron chi connectivity index (χ2n) is 1.68. The van der Waals surface area contributed by atoms with Gasteiger partial charge in [0.1, 0.15) is 11.3 Å². The monoisotopic (exact) mass is 156 g/mol. The van der Waals surface area contributed by atoms with Crippen LogP contribution in [0, 0.1) is 0 Å². The summed E-state index contributed by atoms with van der Waals surface area (Å²) in [6.07, 6.45) is -1.17. The quantitative estimate of drug-likeness (QED) is 0.604. The number of carbonyl (C=O) groups is 1. The molecule has 4 heteroatoms. The van der Waals surface area contributed by atoms with Crippen molar-refractivity contribution in [1.82, 2.24) is 4.98 Å². The van der Waals surface area contributed by atoms with E-state index in [1.807, 2.05) is 0 Å². The number of rotatable bonds is 1. The minimum absolute atomic E-state index is 0.502. The van der Waals surface area contributed by atoms with Gasteiger partial charge in [0.05, 0.1) is 17.4 Å². The Morgan fingerprint density at radius 3 is 3.27 bits per heavy atom. The molecular weight excluding hydrogens is 146 g/mol. The van der Waals surface area contributed by atoms with Gasteiger partial charge in [0, 0.05) is 6.17 Å². The van der Waals surface area contributed by atoms with Crippen LogP contribution in [0.2, 0.25) is 0 Å². The highest BCUT2D eigenvalue weighted by Crippen LogP contribution is 2.13. The van der Waals surface area contributed by atoms with Crippen LogP contribution >= 0.6 is 0 Å². The molecular formula is C7H7NO3. The van der Waals surface area contributed by atoms with E-state index in [0.29, 0.717) is 0 Å². The van der Waals surface area contributed by atoms with Crippen LogP contribution in [0.15, 0.2) is 18.4 Å². The number of esters is 1. The van der Waals surface area contributed by atoms with Gasteiger partial charge in [-0.2, -0.15) is 0 Å². The van der Waals surface area contributed by atoms with E-state index in [-0.39, 0.29) is 0 Å². The molecule has 0 spiro atoms. The van der Waals surface area contributed by atoms with Gasteiger partial charge in [-0.3, -0.25) is 4.98 Å². The van der Waals surface area contributed by atoms with Gasteiger partial charge in [-0.05, 0) is 6.04 Å². The summed E-state index contributed by atoms with van der Waals surface area (Å²) in [5.41, 5.74) is -0.502. The van der Waals surface area contributed by atoms with Crippen molar-refractivity contribution in [2.75, 3.05) is 7.11 Å². The van der Waals surface area contributed by atoms with Crippen LogP contribution in [0.3, 0.4) is 0 Å². The first kappa shape index (κ1) is 4.33. The van der Waals surface area contributed by atoms with E-state index in [0.717, 1.165) is 7.11 Å². The lowest BCUT2D eigenvalue weighted by Crippen LogP contribution is -2.01. The Labute approximate surface area is 67.7 Å². The van der Waals surface area contributed by atoms with Crippen molar-refractivity contribution in [3.05, 3.63) is 24.0 Å². The molecule has 0 aliphatic rings. The summed E-state index contributed by atoms with van der Waals surface area (Å²) in [5, 5.41) is 9.25. The highest BCUT2D eigenvalue weighted by atomic mass is 16.5. The average Bonchev–Trinajstić information content (AvgIpc) is 2.15. The summed E-state index contributed by atoms with van der Waals surface area (Å²) >= 11 is 0. The summed E-state index contributed by atoms with van der Waals surface area (Å²) in [6, 6.07) is -0.551. The summed E-state index contributed by atoms with van der Waals surface area (Å²) < 4.78 is 25.8. The number of methoxy groups -OCH3 is 1. The van der Waals surface area contributed by atoms with Crippen LogP contribution in [0.5, 0.6) is 5.75 Å². The molecule has 0 aliphatic carbocycles. The topological polar surface area (TPSA) is 59.4 Å². The molecule has 1 aromatic heterocycles. The number of pyridine rings is 1. The van der Waals surface area contributed by atoms with E-state index in [1.54, 1.807) is 0 Å². The molecule has 0 aromatic carbocycles. The summed E-state index contributed by atoms with van der Waals surface area (Å²) in [7, 11) is 1.08. The van der Waals surface area contributed by atoms with Crippen LogP contribution in [0.25, 0.3) is 0 Å². The number of ether oxygens (including phenoxy) is 1. The molecule has 11 heavy (non-hydrogen) atoms. The molecule has 0 fully saturated rings. The Kier molecular flexibility index (Phi) is 1.18. The van der Waals surface area contributed by atoms with Crippen LogP contribution in [0.4, 0.5) is 0 Å². The zero-order valence-electron chi connectivity index (χ0n) is 8.71.